The molecule has 0 aliphatic heterocycles. The van der Waals surface area contributed by atoms with E-state index in [0.29, 0.717) is 5.76 Å². The number of carbonyl (C=O) groups is 1. The molecular weight excluding hydrogens is 475 g/mol. The van der Waals surface area contributed by atoms with Gasteiger partial charge in [0.25, 0.3) is 5.56 Å². The van der Waals surface area contributed by atoms with E-state index in [1.165, 1.54) is 24.9 Å². The number of carbonyl (C=O) groups excluding carboxylic acids is 1. The van der Waals surface area contributed by atoms with Crippen molar-refractivity contribution in [1.82, 2.24) is 19.1 Å². The molecule has 3 aromatic heterocycles. The fraction of sp³-hybridized carbons (Fsp3) is 0.190. The minimum absolute atomic E-state index is 0.0484. The number of hydrogen-bond donors (Lipinski definition) is 1. The van der Waals surface area contributed by atoms with E-state index in [1.54, 1.807) is 12.1 Å². The molecule has 0 aliphatic carbocycles. The Morgan fingerprint density at radius 1 is 1.09 bits per heavy atom. The van der Waals surface area contributed by atoms with Crippen LogP contribution >= 0.6 is 11.8 Å². The van der Waals surface area contributed by atoms with Gasteiger partial charge in [0, 0.05) is 19.8 Å². The average Bonchev–Trinajstić information content (AvgIpc) is 3.34. The third-order valence-corrected chi connectivity index (χ3v) is 5.82. The standard InChI is InChI=1S/C21H16F3N5O4S/c1-28-17-15(19(31)29(2)20(28)32)18(27-16(26-17)13-4-3-9-33-13)34-10-14(30)25-12-7-5-11(6-8-12)21(22,23)24/h3-9H,10H2,1-2H3,(H,25,30). The molecule has 0 bridgehead atoms. The van der Waals surface area contributed by atoms with Crippen LogP contribution in [0.1, 0.15) is 5.56 Å². The van der Waals surface area contributed by atoms with E-state index in [9.17, 15) is 27.6 Å². The second kappa shape index (κ2) is 8.82. The van der Waals surface area contributed by atoms with Gasteiger partial charge < -0.3 is 9.73 Å². The number of aromatic nitrogens is 4. The van der Waals surface area contributed by atoms with Crippen LogP contribution < -0.4 is 16.6 Å². The first kappa shape index (κ1) is 23.3. The summed E-state index contributed by atoms with van der Waals surface area (Å²) in [5.74, 6) is -0.327. The lowest BCUT2D eigenvalue weighted by molar-refractivity contribution is -0.137. The van der Waals surface area contributed by atoms with Gasteiger partial charge >= 0.3 is 11.9 Å². The number of aryl methyl sites for hydroxylation is 1. The van der Waals surface area contributed by atoms with E-state index in [-0.39, 0.29) is 33.3 Å². The Morgan fingerprint density at radius 3 is 2.41 bits per heavy atom. The van der Waals surface area contributed by atoms with Gasteiger partial charge in [-0.1, -0.05) is 11.8 Å². The van der Waals surface area contributed by atoms with Gasteiger partial charge in [-0.3, -0.25) is 18.7 Å². The van der Waals surface area contributed by atoms with Crippen LogP contribution in [0.4, 0.5) is 18.9 Å². The van der Waals surface area contributed by atoms with Crippen LogP contribution in [0.5, 0.6) is 0 Å². The highest BCUT2D eigenvalue weighted by Gasteiger charge is 2.30. The number of rotatable bonds is 5. The number of hydrogen-bond acceptors (Lipinski definition) is 7. The Hall–Kier alpha value is -3.87. The molecule has 176 valence electrons. The third kappa shape index (κ3) is 4.46. The lowest BCUT2D eigenvalue weighted by Gasteiger charge is -2.11. The number of benzene rings is 1. The maximum atomic E-state index is 12.8. The summed E-state index contributed by atoms with van der Waals surface area (Å²) >= 11 is 0.920. The highest BCUT2D eigenvalue weighted by Crippen LogP contribution is 2.30. The van der Waals surface area contributed by atoms with Crippen molar-refractivity contribution in [2.75, 3.05) is 11.1 Å². The lowest BCUT2D eigenvalue weighted by Crippen LogP contribution is -2.37. The van der Waals surface area contributed by atoms with Crippen molar-refractivity contribution >= 4 is 34.4 Å². The van der Waals surface area contributed by atoms with Crippen molar-refractivity contribution in [3.63, 3.8) is 0 Å². The summed E-state index contributed by atoms with van der Waals surface area (Å²) < 4.78 is 45.5. The topological polar surface area (TPSA) is 112 Å². The monoisotopic (exact) mass is 491 g/mol. The Bertz CT molecular complexity index is 1490. The summed E-state index contributed by atoms with van der Waals surface area (Å²) in [6.07, 6.45) is -3.07. The van der Waals surface area contributed by atoms with Gasteiger partial charge in [0.2, 0.25) is 5.91 Å². The van der Waals surface area contributed by atoms with Crippen LogP contribution in [-0.4, -0.2) is 30.8 Å². The first-order valence-electron chi connectivity index (χ1n) is 9.68. The number of alkyl halides is 3. The predicted octanol–water partition coefficient (Wildman–Crippen LogP) is 3.04. The van der Waals surface area contributed by atoms with Crippen molar-refractivity contribution in [1.29, 1.82) is 0 Å². The largest absolute Gasteiger partial charge is 0.461 e. The number of amides is 1. The maximum Gasteiger partial charge on any atom is 0.416 e. The van der Waals surface area contributed by atoms with E-state index in [4.69, 9.17) is 4.42 Å². The molecule has 4 aromatic rings. The number of nitrogens with one attached hydrogen (secondary N) is 1. The minimum atomic E-state index is -4.48. The third-order valence-electron chi connectivity index (χ3n) is 4.84. The van der Waals surface area contributed by atoms with E-state index < -0.39 is 28.9 Å². The average molecular weight is 491 g/mol. The number of thioether (sulfide) groups is 1. The van der Waals surface area contributed by atoms with Crippen molar-refractivity contribution < 1.29 is 22.4 Å². The van der Waals surface area contributed by atoms with Gasteiger partial charge in [0.05, 0.1) is 17.6 Å². The zero-order valence-electron chi connectivity index (χ0n) is 17.7. The Morgan fingerprint density at radius 2 is 1.79 bits per heavy atom. The smallest absolute Gasteiger partial charge is 0.416 e. The van der Waals surface area contributed by atoms with Crippen LogP contribution in [0, 0.1) is 0 Å². The summed E-state index contributed by atoms with van der Waals surface area (Å²) in [7, 11) is 2.77. The van der Waals surface area contributed by atoms with Crippen molar-refractivity contribution in [2.24, 2.45) is 14.1 Å². The fourth-order valence-corrected chi connectivity index (χ4v) is 3.94. The fourth-order valence-electron chi connectivity index (χ4n) is 3.12. The van der Waals surface area contributed by atoms with Crippen LogP contribution in [-0.2, 0) is 25.1 Å². The Labute approximate surface area is 193 Å². The number of halogens is 3. The van der Waals surface area contributed by atoms with E-state index in [1.807, 2.05) is 0 Å². The van der Waals surface area contributed by atoms with Gasteiger partial charge in [0.15, 0.2) is 17.2 Å². The molecule has 4 rings (SSSR count). The summed E-state index contributed by atoms with van der Waals surface area (Å²) in [5, 5.41) is 2.70. The summed E-state index contributed by atoms with van der Waals surface area (Å²) in [5.41, 5.74) is -1.80. The van der Waals surface area contributed by atoms with Gasteiger partial charge in [-0.25, -0.2) is 14.8 Å². The highest BCUT2D eigenvalue weighted by molar-refractivity contribution is 8.00. The SMILES string of the molecule is Cn1c(=O)c2c(SCC(=O)Nc3ccc(C(F)(F)F)cc3)nc(-c3ccco3)nc2n(C)c1=O. The van der Waals surface area contributed by atoms with Crippen LogP contribution in [0.3, 0.4) is 0 Å². The number of nitrogens with zero attached hydrogens (tertiary/aromatic N) is 4. The summed E-state index contributed by atoms with van der Waals surface area (Å²) in [4.78, 5) is 46.3. The van der Waals surface area contributed by atoms with Gasteiger partial charge in [0.1, 0.15) is 10.4 Å². The minimum Gasteiger partial charge on any atom is -0.461 e. The lowest BCUT2D eigenvalue weighted by atomic mass is 10.2. The van der Waals surface area contributed by atoms with Crippen molar-refractivity contribution in [3.05, 3.63) is 69.1 Å². The predicted molar refractivity (Wildman–Crippen MR) is 119 cm³/mol. The molecule has 0 saturated heterocycles. The van der Waals surface area contributed by atoms with E-state index in [2.05, 4.69) is 15.3 Å². The second-order valence-corrected chi connectivity index (χ2v) is 8.11. The normalized spacial score (nSPS) is 11.7. The molecule has 1 N–H and O–H groups in total. The van der Waals surface area contributed by atoms with Crippen LogP contribution in [0.15, 0.2) is 61.7 Å². The summed E-state index contributed by atoms with van der Waals surface area (Å²) in [6.45, 7) is 0. The molecular formula is C21H16F3N5O4S. The molecule has 0 unspecified atom stereocenters. The molecule has 3 heterocycles. The first-order chi connectivity index (χ1) is 16.1. The Kier molecular flexibility index (Phi) is 6.04. The van der Waals surface area contributed by atoms with Gasteiger partial charge in [-0.05, 0) is 36.4 Å². The molecule has 1 amide bonds. The zero-order valence-corrected chi connectivity index (χ0v) is 18.5. The van der Waals surface area contributed by atoms with Crippen molar-refractivity contribution in [2.45, 2.75) is 11.2 Å². The quantitative estimate of drug-likeness (QED) is 0.337. The molecule has 34 heavy (non-hydrogen) atoms. The molecule has 0 spiro atoms. The number of anilines is 1. The zero-order chi connectivity index (χ0) is 24.6. The maximum absolute atomic E-state index is 12.8. The molecule has 0 saturated carbocycles. The molecule has 0 fully saturated rings. The highest BCUT2D eigenvalue weighted by atomic mass is 32.2. The van der Waals surface area contributed by atoms with Crippen molar-refractivity contribution in [3.8, 4) is 11.6 Å². The number of fused-ring (bicyclic) bond motifs is 1. The molecule has 0 atom stereocenters. The molecule has 13 heteroatoms. The molecule has 9 nitrogen and oxygen atoms in total. The second-order valence-electron chi connectivity index (χ2n) is 7.15. The summed E-state index contributed by atoms with van der Waals surface area (Å²) in [6, 6.07) is 7.24. The van der Waals surface area contributed by atoms with Gasteiger partial charge in [-0.2, -0.15) is 13.2 Å². The molecule has 1 aromatic carbocycles. The van der Waals surface area contributed by atoms with E-state index >= 15 is 0 Å². The van der Waals surface area contributed by atoms with Crippen LogP contribution in [0.25, 0.3) is 22.6 Å². The molecule has 0 aliphatic rings. The van der Waals surface area contributed by atoms with Gasteiger partial charge in [-0.15, -0.1) is 0 Å². The molecule has 0 radical (unpaired) electrons. The Balaban J connectivity index is 1.65. The first-order valence-corrected chi connectivity index (χ1v) is 10.7. The number of furan rings is 1. The van der Waals surface area contributed by atoms with E-state index in [0.717, 1.165) is 40.6 Å². The van der Waals surface area contributed by atoms with Crippen LogP contribution in [0.2, 0.25) is 0 Å².